The zero-order chi connectivity index (χ0) is 11.3. The summed E-state index contributed by atoms with van der Waals surface area (Å²) in [5, 5.41) is 2.76. The molecular weight excluding hydrogens is 218 g/mol. The molecule has 5 heteroatoms. The van der Waals surface area contributed by atoms with Crippen LogP contribution in [-0.4, -0.2) is 19.5 Å². The molecule has 1 aromatic rings. The Balaban J connectivity index is 2.57. The van der Waals surface area contributed by atoms with Gasteiger partial charge in [0.2, 0.25) is 0 Å². The lowest BCUT2D eigenvalue weighted by Gasteiger charge is -2.14. The van der Waals surface area contributed by atoms with Gasteiger partial charge in [-0.15, -0.1) is 11.3 Å². The Morgan fingerprint density at radius 3 is 2.67 bits per heavy atom. The molecule has 0 saturated heterocycles. The van der Waals surface area contributed by atoms with Crippen molar-refractivity contribution < 1.29 is 8.78 Å². The Hall–Kier alpha value is -0.520. The lowest BCUT2D eigenvalue weighted by Crippen LogP contribution is -2.31. The van der Waals surface area contributed by atoms with Crippen LogP contribution in [0.15, 0.2) is 12.1 Å². The lowest BCUT2D eigenvalue weighted by atomic mass is 10.2. The van der Waals surface area contributed by atoms with Gasteiger partial charge in [-0.3, -0.25) is 0 Å². The van der Waals surface area contributed by atoms with Crippen molar-refractivity contribution in [1.29, 1.82) is 0 Å². The van der Waals surface area contributed by atoms with Crippen LogP contribution in [0.1, 0.15) is 22.7 Å². The van der Waals surface area contributed by atoms with E-state index in [0.717, 1.165) is 11.3 Å². The van der Waals surface area contributed by atoms with Crippen LogP contribution in [0.3, 0.4) is 0 Å². The lowest BCUT2D eigenvalue weighted by molar-refractivity contribution is 0.142. The number of alkyl halides is 2. The summed E-state index contributed by atoms with van der Waals surface area (Å²) >= 11 is 1.63. The minimum atomic E-state index is -2.33. The van der Waals surface area contributed by atoms with Crippen molar-refractivity contribution in [2.24, 2.45) is 5.73 Å². The van der Waals surface area contributed by atoms with Gasteiger partial charge in [0.15, 0.2) is 0 Å². The van der Waals surface area contributed by atoms with E-state index in [1.165, 1.54) is 4.88 Å². The smallest absolute Gasteiger partial charge is 0.250 e. The number of hydrogen-bond donors (Lipinski definition) is 2. The first-order valence-electron chi connectivity index (χ1n) is 4.97. The molecule has 86 valence electrons. The van der Waals surface area contributed by atoms with Crippen LogP contribution in [0.4, 0.5) is 8.78 Å². The summed E-state index contributed by atoms with van der Waals surface area (Å²) in [6, 6.07) is 3.83. The molecule has 0 aliphatic carbocycles. The normalized spacial score (nSPS) is 13.4. The summed E-state index contributed by atoms with van der Waals surface area (Å²) in [4.78, 5) is 2.29. The molecule has 2 nitrogen and oxygen atoms in total. The molecule has 0 aromatic carbocycles. The second-order valence-electron chi connectivity index (χ2n) is 3.25. The number of nitrogens with one attached hydrogen (secondary N) is 1. The molecule has 0 amide bonds. The van der Waals surface area contributed by atoms with Crippen molar-refractivity contribution in [2.75, 3.05) is 13.1 Å². The summed E-state index contributed by atoms with van der Waals surface area (Å²) < 4.78 is 24.0. The maximum Gasteiger partial charge on any atom is 0.250 e. The first kappa shape index (κ1) is 12.5. The van der Waals surface area contributed by atoms with E-state index >= 15 is 0 Å². The first-order chi connectivity index (χ1) is 7.17. The van der Waals surface area contributed by atoms with Crippen LogP contribution in [-0.2, 0) is 6.42 Å². The quantitative estimate of drug-likeness (QED) is 0.791. The third kappa shape index (κ3) is 3.85. The second kappa shape index (κ2) is 6.15. The fraction of sp³-hybridized carbons (Fsp3) is 0.600. The highest BCUT2D eigenvalue weighted by atomic mass is 32.1. The van der Waals surface area contributed by atoms with Gasteiger partial charge >= 0.3 is 0 Å². The average Bonchev–Trinajstić information content (AvgIpc) is 2.67. The molecule has 0 radical (unpaired) electrons. The molecule has 1 unspecified atom stereocenters. The van der Waals surface area contributed by atoms with Gasteiger partial charge in [0, 0.05) is 16.3 Å². The molecule has 1 heterocycles. The topological polar surface area (TPSA) is 38.0 Å². The van der Waals surface area contributed by atoms with Crippen LogP contribution in [0.2, 0.25) is 0 Å². The number of nitrogens with two attached hydrogens (primary N) is 1. The van der Waals surface area contributed by atoms with Crippen LogP contribution in [0.5, 0.6) is 0 Å². The summed E-state index contributed by atoms with van der Waals surface area (Å²) in [6.45, 7) is 2.11. The molecule has 0 aliphatic heterocycles. The van der Waals surface area contributed by atoms with Gasteiger partial charge in [-0.25, -0.2) is 8.78 Å². The highest BCUT2D eigenvalue weighted by Crippen LogP contribution is 2.23. The SMILES string of the molecule is CCc1ccc(C(CN)NCC(F)F)s1. The van der Waals surface area contributed by atoms with E-state index < -0.39 is 6.43 Å². The van der Waals surface area contributed by atoms with Crippen molar-refractivity contribution in [3.05, 3.63) is 21.9 Å². The highest BCUT2D eigenvalue weighted by molar-refractivity contribution is 7.12. The van der Waals surface area contributed by atoms with Crippen LogP contribution in [0, 0.1) is 0 Å². The molecule has 0 spiro atoms. The Kier molecular flexibility index (Phi) is 5.14. The third-order valence-electron chi connectivity index (χ3n) is 2.13. The molecule has 1 atom stereocenters. The molecule has 0 bridgehead atoms. The molecule has 3 N–H and O–H groups in total. The molecule has 15 heavy (non-hydrogen) atoms. The zero-order valence-corrected chi connectivity index (χ0v) is 9.49. The van der Waals surface area contributed by atoms with Crippen LogP contribution >= 0.6 is 11.3 Å². The Labute approximate surface area is 92.5 Å². The van der Waals surface area contributed by atoms with Crippen LogP contribution < -0.4 is 11.1 Å². The monoisotopic (exact) mass is 234 g/mol. The van der Waals surface area contributed by atoms with Gasteiger partial charge in [-0.1, -0.05) is 6.92 Å². The number of aryl methyl sites for hydroxylation is 1. The Morgan fingerprint density at radius 2 is 2.20 bits per heavy atom. The van der Waals surface area contributed by atoms with Gasteiger partial charge < -0.3 is 11.1 Å². The number of thiophene rings is 1. The first-order valence-corrected chi connectivity index (χ1v) is 5.79. The van der Waals surface area contributed by atoms with Gasteiger partial charge in [-0.2, -0.15) is 0 Å². The molecule has 0 saturated carbocycles. The standard InChI is InChI=1S/C10H16F2N2S/c1-2-7-3-4-9(15-7)8(5-13)14-6-10(11)12/h3-4,8,10,14H,2,5-6,13H2,1H3. The van der Waals surface area contributed by atoms with Crippen LogP contribution in [0.25, 0.3) is 0 Å². The maximum atomic E-state index is 12.0. The van der Waals surface area contributed by atoms with E-state index in [4.69, 9.17) is 5.73 Å². The number of halogens is 2. The fourth-order valence-electron chi connectivity index (χ4n) is 1.30. The minimum absolute atomic E-state index is 0.149. The molecule has 0 aliphatic rings. The highest BCUT2D eigenvalue weighted by Gasteiger charge is 2.13. The van der Waals surface area contributed by atoms with Gasteiger partial charge in [0.05, 0.1) is 12.6 Å². The van der Waals surface area contributed by atoms with Crippen molar-refractivity contribution >= 4 is 11.3 Å². The fourth-order valence-corrected chi connectivity index (χ4v) is 2.34. The third-order valence-corrected chi connectivity index (χ3v) is 3.47. The molecular formula is C10H16F2N2S. The zero-order valence-electron chi connectivity index (χ0n) is 8.67. The summed E-state index contributed by atoms with van der Waals surface area (Å²) in [6.07, 6.45) is -1.36. The molecule has 0 fully saturated rings. The van der Waals surface area contributed by atoms with Crippen molar-refractivity contribution in [3.8, 4) is 0 Å². The average molecular weight is 234 g/mol. The second-order valence-corrected chi connectivity index (χ2v) is 4.45. The molecule has 1 rings (SSSR count). The van der Waals surface area contributed by atoms with Crippen molar-refractivity contribution in [1.82, 2.24) is 5.32 Å². The van der Waals surface area contributed by atoms with E-state index in [0.29, 0.717) is 6.54 Å². The van der Waals surface area contributed by atoms with Crippen molar-refractivity contribution in [2.45, 2.75) is 25.8 Å². The Bertz CT molecular complexity index is 289. The minimum Gasteiger partial charge on any atom is -0.329 e. The largest absolute Gasteiger partial charge is 0.329 e. The Morgan fingerprint density at radius 1 is 1.47 bits per heavy atom. The van der Waals surface area contributed by atoms with Gasteiger partial charge in [0.25, 0.3) is 6.43 Å². The summed E-state index contributed by atoms with van der Waals surface area (Å²) in [5.41, 5.74) is 5.54. The predicted octanol–water partition coefficient (Wildman–Crippen LogP) is 2.17. The number of rotatable bonds is 6. The summed E-state index contributed by atoms with van der Waals surface area (Å²) in [5.74, 6) is 0. The van der Waals surface area contributed by atoms with E-state index in [2.05, 4.69) is 12.2 Å². The van der Waals surface area contributed by atoms with Gasteiger partial charge in [0.1, 0.15) is 0 Å². The van der Waals surface area contributed by atoms with E-state index in [1.54, 1.807) is 11.3 Å². The number of hydrogen-bond acceptors (Lipinski definition) is 3. The van der Waals surface area contributed by atoms with Crippen molar-refractivity contribution in [3.63, 3.8) is 0 Å². The van der Waals surface area contributed by atoms with E-state index in [-0.39, 0.29) is 12.6 Å². The van der Waals surface area contributed by atoms with E-state index in [1.807, 2.05) is 12.1 Å². The van der Waals surface area contributed by atoms with E-state index in [9.17, 15) is 8.78 Å². The predicted molar refractivity (Wildman–Crippen MR) is 59.5 cm³/mol. The maximum absolute atomic E-state index is 12.0. The van der Waals surface area contributed by atoms with Gasteiger partial charge in [-0.05, 0) is 18.6 Å². The summed E-state index contributed by atoms with van der Waals surface area (Å²) in [7, 11) is 0. The molecule has 1 aromatic heterocycles.